The Morgan fingerprint density at radius 1 is 1.20 bits per heavy atom. The van der Waals surface area contributed by atoms with Crippen LogP contribution in [0.3, 0.4) is 0 Å². The lowest BCUT2D eigenvalue weighted by Crippen LogP contribution is -2.37. The number of benzene rings is 1. The second-order valence-corrected chi connectivity index (χ2v) is 6.69. The summed E-state index contributed by atoms with van der Waals surface area (Å²) in [5.41, 5.74) is 1.60. The number of hydrogen-bond donors (Lipinski definition) is 0. The number of carbonyl (C=O) groups excluding carboxylic acids is 1. The third-order valence-electron chi connectivity index (χ3n) is 3.22. The standard InChI is InChI=1S/C14H14BrN3OS/c15-12-1-3-13(4-2-12)18-10-11(9-16-18)14(19)17-5-7-20-8-6-17/h1-4,9-10H,5-8H2. The van der Waals surface area contributed by atoms with Gasteiger partial charge in [0.1, 0.15) is 0 Å². The quantitative estimate of drug-likeness (QED) is 0.834. The van der Waals surface area contributed by atoms with Gasteiger partial charge in [-0.3, -0.25) is 4.79 Å². The summed E-state index contributed by atoms with van der Waals surface area (Å²) in [6.07, 6.45) is 3.44. The number of carbonyl (C=O) groups is 1. The van der Waals surface area contributed by atoms with Crippen molar-refractivity contribution in [1.82, 2.24) is 14.7 Å². The first-order valence-corrected chi connectivity index (χ1v) is 8.36. The molecule has 3 rings (SSSR count). The molecule has 1 saturated heterocycles. The van der Waals surface area contributed by atoms with E-state index >= 15 is 0 Å². The highest BCUT2D eigenvalue weighted by Crippen LogP contribution is 2.16. The van der Waals surface area contributed by atoms with Gasteiger partial charge in [0.25, 0.3) is 5.91 Å². The van der Waals surface area contributed by atoms with Gasteiger partial charge in [0, 0.05) is 35.3 Å². The fraction of sp³-hybridized carbons (Fsp3) is 0.286. The van der Waals surface area contributed by atoms with Crippen LogP contribution >= 0.6 is 27.7 Å². The summed E-state index contributed by atoms with van der Waals surface area (Å²) in [4.78, 5) is 14.3. The maximum Gasteiger partial charge on any atom is 0.257 e. The summed E-state index contributed by atoms with van der Waals surface area (Å²) < 4.78 is 2.76. The first-order valence-electron chi connectivity index (χ1n) is 6.42. The molecule has 1 aromatic carbocycles. The summed E-state index contributed by atoms with van der Waals surface area (Å²) in [7, 11) is 0. The highest BCUT2D eigenvalue weighted by atomic mass is 79.9. The predicted octanol–water partition coefficient (Wildman–Crippen LogP) is 2.82. The summed E-state index contributed by atoms with van der Waals surface area (Å²) in [6, 6.07) is 7.84. The summed E-state index contributed by atoms with van der Waals surface area (Å²) in [5.74, 6) is 2.12. The van der Waals surface area contributed by atoms with E-state index in [2.05, 4.69) is 21.0 Å². The van der Waals surface area contributed by atoms with Gasteiger partial charge in [-0.1, -0.05) is 15.9 Å². The van der Waals surface area contributed by atoms with E-state index in [0.29, 0.717) is 5.56 Å². The molecule has 2 aromatic rings. The van der Waals surface area contributed by atoms with Crippen LogP contribution in [0.15, 0.2) is 41.1 Å². The zero-order valence-electron chi connectivity index (χ0n) is 10.8. The minimum atomic E-state index is 0.0775. The van der Waals surface area contributed by atoms with Crippen molar-refractivity contribution in [2.75, 3.05) is 24.6 Å². The average molecular weight is 352 g/mol. The number of nitrogens with zero attached hydrogens (tertiary/aromatic N) is 3. The van der Waals surface area contributed by atoms with E-state index < -0.39 is 0 Å². The Morgan fingerprint density at radius 3 is 2.60 bits per heavy atom. The molecule has 0 spiro atoms. The van der Waals surface area contributed by atoms with Gasteiger partial charge in [-0.25, -0.2) is 4.68 Å². The van der Waals surface area contributed by atoms with Crippen molar-refractivity contribution in [2.24, 2.45) is 0 Å². The van der Waals surface area contributed by atoms with Crippen molar-refractivity contribution in [3.63, 3.8) is 0 Å². The Morgan fingerprint density at radius 2 is 1.90 bits per heavy atom. The Balaban J connectivity index is 1.79. The molecule has 0 unspecified atom stereocenters. The fourth-order valence-electron chi connectivity index (χ4n) is 2.12. The van der Waals surface area contributed by atoms with E-state index in [1.54, 1.807) is 17.1 Å². The molecule has 6 heteroatoms. The Hall–Kier alpha value is -1.27. The summed E-state index contributed by atoms with van der Waals surface area (Å²) in [5, 5.41) is 4.28. The van der Waals surface area contributed by atoms with Gasteiger partial charge in [-0.15, -0.1) is 0 Å². The van der Waals surface area contributed by atoms with Gasteiger partial charge in [0.05, 0.1) is 17.4 Å². The van der Waals surface area contributed by atoms with Crippen LogP contribution in [0.4, 0.5) is 0 Å². The summed E-state index contributed by atoms with van der Waals surface area (Å²) >= 11 is 5.30. The topological polar surface area (TPSA) is 38.1 Å². The van der Waals surface area contributed by atoms with Crippen LogP contribution in [0.2, 0.25) is 0 Å². The number of thioether (sulfide) groups is 1. The van der Waals surface area contributed by atoms with Gasteiger partial charge in [-0.2, -0.15) is 16.9 Å². The van der Waals surface area contributed by atoms with E-state index in [4.69, 9.17) is 0 Å². The SMILES string of the molecule is O=C(c1cnn(-c2ccc(Br)cc2)c1)N1CCSCC1. The van der Waals surface area contributed by atoms with E-state index in [0.717, 1.165) is 34.8 Å². The van der Waals surface area contributed by atoms with Crippen LogP contribution < -0.4 is 0 Å². The average Bonchev–Trinajstić information content (AvgIpc) is 2.98. The second-order valence-electron chi connectivity index (χ2n) is 4.55. The molecule has 1 aliphatic rings. The minimum Gasteiger partial charge on any atom is -0.337 e. The van der Waals surface area contributed by atoms with Crippen LogP contribution in [0.1, 0.15) is 10.4 Å². The zero-order chi connectivity index (χ0) is 13.9. The molecule has 0 saturated carbocycles. The smallest absolute Gasteiger partial charge is 0.257 e. The minimum absolute atomic E-state index is 0.0775. The highest BCUT2D eigenvalue weighted by Gasteiger charge is 2.19. The first kappa shape index (κ1) is 13.7. The molecule has 0 N–H and O–H groups in total. The molecule has 1 fully saturated rings. The molecular weight excluding hydrogens is 338 g/mol. The van der Waals surface area contributed by atoms with Gasteiger partial charge < -0.3 is 4.90 Å². The predicted molar refractivity (Wildman–Crippen MR) is 84.5 cm³/mol. The lowest BCUT2D eigenvalue weighted by Gasteiger charge is -2.25. The molecule has 0 radical (unpaired) electrons. The van der Waals surface area contributed by atoms with Crippen molar-refractivity contribution in [3.05, 3.63) is 46.7 Å². The van der Waals surface area contributed by atoms with E-state index in [-0.39, 0.29) is 5.91 Å². The lowest BCUT2D eigenvalue weighted by molar-refractivity contribution is 0.0772. The van der Waals surface area contributed by atoms with Gasteiger partial charge in [0.15, 0.2) is 0 Å². The second kappa shape index (κ2) is 6.01. The zero-order valence-corrected chi connectivity index (χ0v) is 13.2. The largest absolute Gasteiger partial charge is 0.337 e. The molecule has 1 aliphatic heterocycles. The Bertz CT molecular complexity index is 605. The number of aromatic nitrogens is 2. The third-order valence-corrected chi connectivity index (χ3v) is 4.69. The van der Waals surface area contributed by atoms with Crippen LogP contribution in [0, 0.1) is 0 Å². The molecule has 0 bridgehead atoms. The summed E-state index contributed by atoms with van der Waals surface area (Å²) in [6.45, 7) is 1.65. The van der Waals surface area contributed by atoms with E-state index in [1.807, 2.05) is 40.9 Å². The maximum absolute atomic E-state index is 12.4. The van der Waals surface area contributed by atoms with Crippen LogP contribution in [0.5, 0.6) is 0 Å². The van der Waals surface area contributed by atoms with Crippen LogP contribution in [0.25, 0.3) is 5.69 Å². The number of halogens is 1. The highest BCUT2D eigenvalue weighted by molar-refractivity contribution is 9.10. The molecule has 0 aliphatic carbocycles. The number of rotatable bonds is 2. The van der Waals surface area contributed by atoms with Gasteiger partial charge >= 0.3 is 0 Å². The lowest BCUT2D eigenvalue weighted by atomic mass is 10.3. The van der Waals surface area contributed by atoms with Crippen molar-refractivity contribution >= 4 is 33.6 Å². The Kier molecular flexibility index (Phi) is 4.12. The van der Waals surface area contributed by atoms with E-state index in [1.165, 1.54) is 0 Å². The van der Waals surface area contributed by atoms with Crippen molar-refractivity contribution in [3.8, 4) is 5.69 Å². The molecule has 1 aromatic heterocycles. The van der Waals surface area contributed by atoms with Crippen molar-refractivity contribution in [2.45, 2.75) is 0 Å². The maximum atomic E-state index is 12.4. The normalized spacial score (nSPS) is 15.3. The molecule has 2 heterocycles. The number of hydrogen-bond acceptors (Lipinski definition) is 3. The van der Waals surface area contributed by atoms with Gasteiger partial charge in [-0.05, 0) is 24.3 Å². The van der Waals surface area contributed by atoms with E-state index in [9.17, 15) is 4.79 Å². The fourth-order valence-corrected chi connectivity index (χ4v) is 3.28. The third kappa shape index (κ3) is 2.91. The first-order chi connectivity index (χ1) is 9.74. The van der Waals surface area contributed by atoms with Gasteiger partial charge in [0.2, 0.25) is 0 Å². The molecule has 1 amide bonds. The molecule has 4 nitrogen and oxygen atoms in total. The van der Waals surface area contributed by atoms with Crippen LogP contribution in [-0.2, 0) is 0 Å². The van der Waals surface area contributed by atoms with Crippen molar-refractivity contribution < 1.29 is 4.79 Å². The van der Waals surface area contributed by atoms with Crippen molar-refractivity contribution in [1.29, 1.82) is 0 Å². The molecular formula is C14H14BrN3OS. The Labute approximate surface area is 130 Å². The molecule has 20 heavy (non-hydrogen) atoms. The molecule has 104 valence electrons. The number of amides is 1. The monoisotopic (exact) mass is 351 g/mol. The molecule has 0 atom stereocenters. The van der Waals surface area contributed by atoms with Crippen LogP contribution in [-0.4, -0.2) is 45.2 Å².